The lowest BCUT2D eigenvalue weighted by Gasteiger charge is -2.06. The summed E-state index contributed by atoms with van der Waals surface area (Å²) in [5.41, 5.74) is 8.08. The van der Waals surface area contributed by atoms with Gasteiger partial charge in [-0.15, -0.1) is 56.7 Å². The van der Waals surface area contributed by atoms with Gasteiger partial charge in [0, 0.05) is 39.0 Å². The maximum atomic E-state index is 2.71. The third-order valence-corrected chi connectivity index (χ3v) is 19.9. The summed E-state index contributed by atoms with van der Waals surface area (Å²) >= 11 is 10.5. The van der Waals surface area contributed by atoms with Crippen LogP contribution < -0.4 is 0 Å². The van der Waals surface area contributed by atoms with E-state index in [0.717, 1.165) is 0 Å². The van der Waals surface area contributed by atoms with Crippen molar-refractivity contribution in [3.63, 3.8) is 0 Å². The van der Waals surface area contributed by atoms with Crippen LogP contribution in [0.5, 0.6) is 0 Å². The molecule has 0 amide bonds. The van der Waals surface area contributed by atoms with E-state index in [1.54, 1.807) is 57.1 Å². The quantitative estimate of drug-likeness (QED) is 0.0344. The van der Waals surface area contributed by atoms with Gasteiger partial charge in [0.05, 0.1) is 0 Å². The Hall–Kier alpha value is -1.50. The van der Waals surface area contributed by atoms with Gasteiger partial charge in [-0.25, -0.2) is 0 Å². The molecule has 362 valence electrons. The highest BCUT2D eigenvalue weighted by atomic mass is 32.1. The number of hydrogen-bond acceptors (Lipinski definition) is 5. The predicted octanol–water partition coefficient (Wildman–Crippen LogP) is 23.2. The van der Waals surface area contributed by atoms with Crippen molar-refractivity contribution in [1.29, 1.82) is 0 Å². The van der Waals surface area contributed by atoms with Crippen molar-refractivity contribution in [3.05, 3.63) is 68.9 Å². The van der Waals surface area contributed by atoms with Gasteiger partial charge in [-0.1, -0.05) is 195 Å². The first-order chi connectivity index (χ1) is 32.1. The van der Waals surface area contributed by atoms with Crippen LogP contribution in [-0.2, 0) is 32.1 Å². The van der Waals surface area contributed by atoms with Gasteiger partial charge in [0.2, 0.25) is 0 Å². The van der Waals surface area contributed by atoms with Gasteiger partial charge in [0.25, 0.3) is 0 Å². The molecule has 0 aliphatic carbocycles. The lowest BCUT2D eigenvalue weighted by molar-refractivity contribution is 0.607. The van der Waals surface area contributed by atoms with Gasteiger partial charge in [-0.2, -0.15) is 0 Å². The minimum atomic E-state index is 1.21. The minimum Gasteiger partial charge on any atom is -0.143 e. The first kappa shape index (κ1) is 54.4. The molecular weight excluding hydrogens is 881 g/mol. The third kappa shape index (κ3) is 18.7. The van der Waals surface area contributed by atoms with E-state index >= 15 is 0 Å². The molecule has 5 aromatic heterocycles. The van der Waals surface area contributed by atoms with Gasteiger partial charge in [-0.05, 0) is 133 Å². The van der Waals surface area contributed by atoms with Gasteiger partial charge < -0.3 is 0 Å². The summed E-state index contributed by atoms with van der Waals surface area (Å²) in [5, 5.41) is 4.76. The Morgan fingerprint density at radius 2 is 0.508 bits per heavy atom. The Morgan fingerprint density at radius 3 is 0.831 bits per heavy atom. The second-order valence-electron chi connectivity index (χ2n) is 19.5. The fourth-order valence-electron chi connectivity index (χ4n) is 9.75. The lowest BCUT2D eigenvalue weighted by Crippen LogP contribution is -1.90. The molecule has 65 heavy (non-hydrogen) atoms. The zero-order chi connectivity index (χ0) is 45.7. The highest BCUT2D eigenvalue weighted by Gasteiger charge is 2.23. The molecule has 0 atom stereocenters. The van der Waals surface area contributed by atoms with Crippen LogP contribution in [0.4, 0.5) is 0 Å². The van der Waals surface area contributed by atoms with E-state index in [2.05, 4.69) is 110 Å². The summed E-state index contributed by atoms with van der Waals surface area (Å²) in [7, 11) is 0. The third-order valence-electron chi connectivity index (χ3n) is 13.8. The Labute approximate surface area is 420 Å². The first-order valence-electron chi connectivity index (χ1n) is 27.6. The molecule has 0 nitrogen and oxygen atoms in total. The molecule has 0 saturated carbocycles. The monoisotopic (exact) mass is 973 g/mol. The normalized spacial score (nSPS) is 11.8. The van der Waals surface area contributed by atoms with Crippen LogP contribution in [0.25, 0.3) is 39.0 Å². The van der Waals surface area contributed by atoms with E-state index in [9.17, 15) is 0 Å². The average Bonchev–Trinajstić information content (AvgIpc) is 4.18. The Kier molecular flexibility index (Phi) is 27.7. The first-order valence-corrected chi connectivity index (χ1v) is 31.8. The average molecular weight is 974 g/mol. The summed E-state index contributed by atoms with van der Waals surface area (Å²) < 4.78 is 0. The highest BCUT2D eigenvalue weighted by molar-refractivity contribution is 7.29. The molecule has 5 heteroatoms. The molecule has 0 radical (unpaired) electrons. The van der Waals surface area contributed by atoms with Crippen molar-refractivity contribution >= 4 is 56.7 Å². The SMILES string of the molecule is CCCCCCCCc1ccsc1-c1cc(CCCCCCCC)c(-c2cc(CCCCCCCC)c(-c3sc(-c4sccc4CCCCCCCC)cc3CCCCCCCC)s2)s1. The van der Waals surface area contributed by atoms with Crippen molar-refractivity contribution in [2.75, 3.05) is 0 Å². The maximum absolute atomic E-state index is 2.71. The topological polar surface area (TPSA) is 0 Å². The van der Waals surface area contributed by atoms with Gasteiger partial charge in [0.1, 0.15) is 0 Å². The zero-order valence-electron chi connectivity index (χ0n) is 42.3. The predicted molar refractivity (Wildman–Crippen MR) is 303 cm³/mol. The van der Waals surface area contributed by atoms with Crippen molar-refractivity contribution in [1.82, 2.24) is 0 Å². The Morgan fingerprint density at radius 1 is 0.262 bits per heavy atom. The Bertz CT molecular complexity index is 1940. The molecular formula is C60H92S5. The Balaban J connectivity index is 1.50. The van der Waals surface area contributed by atoms with Crippen LogP contribution in [0.1, 0.15) is 255 Å². The number of rotatable bonds is 39. The van der Waals surface area contributed by atoms with Crippen molar-refractivity contribution < 1.29 is 0 Å². The lowest BCUT2D eigenvalue weighted by atomic mass is 10.0. The van der Waals surface area contributed by atoms with E-state index in [-0.39, 0.29) is 0 Å². The van der Waals surface area contributed by atoms with E-state index in [4.69, 9.17) is 0 Å². The maximum Gasteiger partial charge on any atom is 0.0484 e. The minimum absolute atomic E-state index is 1.21. The molecule has 5 heterocycles. The summed E-state index contributed by atoms with van der Waals surface area (Å²) in [5.74, 6) is 0. The van der Waals surface area contributed by atoms with Crippen LogP contribution in [0.2, 0.25) is 0 Å². The zero-order valence-corrected chi connectivity index (χ0v) is 46.4. The molecule has 0 aromatic carbocycles. The van der Waals surface area contributed by atoms with E-state index in [1.807, 2.05) is 22.7 Å². The highest BCUT2D eigenvalue weighted by Crippen LogP contribution is 2.51. The summed E-state index contributed by atoms with van der Waals surface area (Å²) in [6.45, 7) is 11.7. The van der Waals surface area contributed by atoms with Crippen molar-refractivity contribution in [2.45, 2.75) is 259 Å². The molecule has 0 N–H and O–H groups in total. The van der Waals surface area contributed by atoms with E-state index < -0.39 is 0 Å². The molecule has 5 rings (SSSR count). The smallest absolute Gasteiger partial charge is 0.0484 e. The molecule has 0 unspecified atom stereocenters. The molecule has 0 aliphatic rings. The molecule has 0 spiro atoms. The van der Waals surface area contributed by atoms with Crippen molar-refractivity contribution in [2.24, 2.45) is 0 Å². The standard InChI is InChI=1S/C60H92S5/c1-6-11-16-21-26-31-36-48-41-43-61-56(48)53-45-50(38-33-28-23-18-13-8-3)58(63-53)55-47-52(40-35-30-25-20-15-10-5)60(65-55)59-51(39-34-29-24-19-14-9-4)46-54(64-59)57-49(42-44-62-57)37-32-27-22-17-12-7-2/h41-47H,6-40H2,1-5H3. The second kappa shape index (κ2) is 33.1. The van der Waals surface area contributed by atoms with E-state index in [1.165, 1.54) is 234 Å². The molecule has 0 bridgehead atoms. The summed E-state index contributed by atoms with van der Waals surface area (Å²) in [4.78, 5) is 12.5. The number of unbranched alkanes of at least 4 members (excludes halogenated alkanes) is 25. The number of thiophene rings is 5. The molecule has 5 aromatic rings. The van der Waals surface area contributed by atoms with Crippen LogP contribution in [-0.4, -0.2) is 0 Å². The molecule has 0 saturated heterocycles. The summed E-state index contributed by atoms with van der Waals surface area (Å²) in [6, 6.07) is 12.9. The number of hydrogen-bond donors (Lipinski definition) is 0. The van der Waals surface area contributed by atoms with Crippen LogP contribution in [0.15, 0.2) is 41.1 Å². The van der Waals surface area contributed by atoms with Crippen molar-refractivity contribution in [3.8, 4) is 39.0 Å². The molecule has 0 fully saturated rings. The van der Waals surface area contributed by atoms with Crippen LogP contribution in [0.3, 0.4) is 0 Å². The fourth-order valence-corrected chi connectivity index (χ4v) is 15.9. The number of aryl methyl sites for hydroxylation is 5. The molecule has 0 aliphatic heterocycles. The van der Waals surface area contributed by atoms with Gasteiger partial charge >= 0.3 is 0 Å². The largest absolute Gasteiger partial charge is 0.143 e. The van der Waals surface area contributed by atoms with Crippen LogP contribution in [0, 0.1) is 0 Å². The van der Waals surface area contributed by atoms with Gasteiger partial charge in [-0.3, -0.25) is 0 Å². The second-order valence-corrected chi connectivity index (χ2v) is 24.5. The summed E-state index contributed by atoms with van der Waals surface area (Å²) in [6.07, 6.45) is 46.9. The fraction of sp³-hybridized carbons (Fsp3) is 0.667. The van der Waals surface area contributed by atoms with Crippen LogP contribution >= 0.6 is 56.7 Å². The van der Waals surface area contributed by atoms with E-state index in [0.29, 0.717) is 0 Å². The van der Waals surface area contributed by atoms with Gasteiger partial charge in [0.15, 0.2) is 0 Å².